The van der Waals surface area contributed by atoms with Gasteiger partial charge in [-0.2, -0.15) is 0 Å². The Morgan fingerprint density at radius 1 is 1.00 bits per heavy atom. The molecule has 1 nitrogen and oxygen atoms in total. The van der Waals surface area contributed by atoms with Crippen molar-refractivity contribution in [1.29, 1.82) is 0 Å². The van der Waals surface area contributed by atoms with Crippen LogP contribution >= 0.6 is 0 Å². The first-order valence-corrected chi connectivity index (χ1v) is 14.5. The van der Waals surface area contributed by atoms with E-state index in [4.69, 9.17) is 0 Å². The Morgan fingerprint density at radius 3 is 2.38 bits per heavy atom. The van der Waals surface area contributed by atoms with Crippen molar-refractivity contribution in [3.05, 3.63) is 11.6 Å². The topological polar surface area (TPSA) is 20.2 Å². The third-order valence-electron chi connectivity index (χ3n) is 12.6. The van der Waals surface area contributed by atoms with Crippen LogP contribution in [0.4, 0.5) is 0 Å². The summed E-state index contributed by atoms with van der Waals surface area (Å²) in [6.45, 7) is 17.7. The molecule has 3 fully saturated rings. The van der Waals surface area contributed by atoms with Gasteiger partial charge in [0.15, 0.2) is 0 Å². The van der Waals surface area contributed by atoms with E-state index in [0.29, 0.717) is 16.2 Å². The summed E-state index contributed by atoms with van der Waals surface area (Å²) in [7, 11) is 0. The zero-order valence-corrected chi connectivity index (χ0v) is 22.6. The summed E-state index contributed by atoms with van der Waals surface area (Å²) in [5, 5.41) is 10.3. The third-order valence-corrected chi connectivity index (χ3v) is 12.6. The highest BCUT2D eigenvalue weighted by atomic mass is 16.3. The van der Waals surface area contributed by atoms with Crippen LogP contribution in [0.5, 0.6) is 0 Å². The molecule has 0 aromatic heterocycles. The largest absolute Gasteiger partial charge is 0.393 e. The van der Waals surface area contributed by atoms with E-state index in [0.717, 1.165) is 48.3 Å². The third kappa shape index (κ3) is 3.85. The highest BCUT2D eigenvalue weighted by molar-refractivity contribution is 5.25. The number of aliphatic hydroxyl groups excluding tert-OH is 1. The second-order valence-electron chi connectivity index (χ2n) is 13.6. The van der Waals surface area contributed by atoms with Crippen LogP contribution in [0.2, 0.25) is 0 Å². The van der Waals surface area contributed by atoms with Gasteiger partial charge in [-0.15, -0.1) is 0 Å². The van der Waals surface area contributed by atoms with Crippen LogP contribution in [0.1, 0.15) is 126 Å². The molecule has 32 heavy (non-hydrogen) atoms. The van der Waals surface area contributed by atoms with E-state index in [2.05, 4.69) is 54.5 Å². The molecule has 0 aromatic carbocycles. The molecular weight excluding hydrogens is 388 g/mol. The van der Waals surface area contributed by atoms with Gasteiger partial charge >= 0.3 is 0 Å². The Morgan fingerprint density at radius 2 is 1.72 bits per heavy atom. The molecule has 4 aliphatic carbocycles. The molecule has 4 aliphatic rings. The molecule has 0 heterocycles. The Bertz CT molecular complexity index is 687. The molecular formula is C31H54O. The van der Waals surface area contributed by atoms with Gasteiger partial charge in [-0.3, -0.25) is 0 Å². The van der Waals surface area contributed by atoms with E-state index in [1.54, 1.807) is 5.57 Å². The maximum Gasteiger partial charge on any atom is 0.0577 e. The number of fused-ring (bicyclic) bond motifs is 5. The van der Waals surface area contributed by atoms with Crippen molar-refractivity contribution in [2.24, 2.45) is 51.8 Å². The predicted molar refractivity (Wildman–Crippen MR) is 137 cm³/mol. The molecule has 1 heteroatoms. The van der Waals surface area contributed by atoms with Crippen LogP contribution in [0.25, 0.3) is 0 Å². The van der Waals surface area contributed by atoms with E-state index in [1.165, 1.54) is 64.2 Å². The monoisotopic (exact) mass is 442 g/mol. The maximum absolute atomic E-state index is 10.3. The molecule has 4 rings (SSSR count). The van der Waals surface area contributed by atoms with Gasteiger partial charge < -0.3 is 5.11 Å². The van der Waals surface area contributed by atoms with Crippen molar-refractivity contribution in [3.63, 3.8) is 0 Å². The lowest BCUT2D eigenvalue weighted by atomic mass is 9.47. The second kappa shape index (κ2) is 9.05. The molecule has 8 atom stereocenters. The predicted octanol–water partition coefficient (Wildman–Crippen LogP) is 8.81. The fourth-order valence-corrected chi connectivity index (χ4v) is 10.0. The summed E-state index contributed by atoms with van der Waals surface area (Å²) in [5.74, 6) is 5.30. The Kier molecular flexibility index (Phi) is 7.02. The Balaban J connectivity index is 1.48. The first-order valence-electron chi connectivity index (χ1n) is 14.5. The number of hydrogen-bond donors (Lipinski definition) is 1. The van der Waals surface area contributed by atoms with E-state index in [1.807, 2.05) is 0 Å². The summed E-state index contributed by atoms with van der Waals surface area (Å²) in [6, 6.07) is 0. The molecule has 0 amide bonds. The van der Waals surface area contributed by atoms with E-state index in [-0.39, 0.29) is 6.10 Å². The van der Waals surface area contributed by atoms with Gasteiger partial charge in [-0.05, 0) is 116 Å². The minimum absolute atomic E-state index is 0.0827. The van der Waals surface area contributed by atoms with Crippen molar-refractivity contribution in [2.75, 3.05) is 0 Å². The van der Waals surface area contributed by atoms with E-state index < -0.39 is 0 Å². The van der Waals surface area contributed by atoms with Crippen LogP contribution < -0.4 is 0 Å². The Hall–Kier alpha value is -0.300. The number of hydrogen-bond acceptors (Lipinski definition) is 1. The lowest BCUT2D eigenvalue weighted by molar-refractivity contribution is -0.0581. The van der Waals surface area contributed by atoms with Gasteiger partial charge in [-0.1, -0.05) is 73.0 Å². The quantitative estimate of drug-likeness (QED) is 0.390. The fourth-order valence-electron chi connectivity index (χ4n) is 10.0. The molecule has 0 aromatic rings. The smallest absolute Gasteiger partial charge is 0.0577 e. The van der Waals surface area contributed by atoms with Crippen LogP contribution in [0.3, 0.4) is 0 Å². The van der Waals surface area contributed by atoms with Crippen molar-refractivity contribution in [2.45, 2.75) is 132 Å². The summed E-state index contributed by atoms with van der Waals surface area (Å²) < 4.78 is 0. The molecule has 0 aliphatic heterocycles. The lowest BCUT2D eigenvalue weighted by Crippen LogP contribution is -2.50. The van der Waals surface area contributed by atoms with Gasteiger partial charge in [0.05, 0.1) is 6.10 Å². The lowest BCUT2D eigenvalue weighted by Gasteiger charge is -2.58. The van der Waals surface area contributed by atoms with Crippen LogP contribution in [0, 0.1) is 51.8 Å². The summed E-state index contributed by atoms with van der Waals surface area (Å²) in [5.41, 5.74) is 3.12. The van der Waals surface area contributed by atoms with Gasteiger partial charge in [-0.25, -0.2) is 0 Å². The minimum atomic E-state index is -0.0827. The molecule has 0 spiro atoms. The van der Waals surface area contributed by atoms with Gasteiger partial charge in [0, 0.05) is 0 Å². The average Bonchev–Trinajstić information content (AvgIpc) is 3.12. The summed E-state index contributed by atoms with van der Waals surface area (Å²) >= 11 is 0. The van der Waals surface area contributed by atoms with Crippen LogP contribution in [0.15, 0.2) is 11.6 Å². The molecule has 1 N–H and O–H groups in total. The van der Waals surface area contributed by atoms with Crippen molar-refractivity contribution in [1.82, 2.24) is 0 Å². The molecule has 0 saturated heterocycles. The second-order valence-corrected chi connectivity index (χ2v) is 13.6. The zero-order chi connectivity index (χ0) is 23.3. The van der Waals surface area contributed by atoms with Crippen LogP contribution in [-0.4, -0.2) is 11.2 Å². The SMILES string of the molecule is CCC(CC)(CC[C@@H](C)[C@H]1CC[C@H]2[C@@H]3CC=C4C[C@@H](O)CC[C@]4(C)[C@H]3CC[C@]12C)C(C)C. The summed E-state index contributed by atoms with van der Waals surface area (Å²) in [4.78, 5) is 0. The Labute approximate surface area is 200 Å². The highest BCUT2D eigenvalue weighted by Gasteiger charge is 2.59. The van der Waals surface area contributed by atoms with E-state index in [9.17, 15) is 5.11 Å². The van der Waals surface area contributed by atoms with Gasteiger partial charge in [0.1, 0.15) is 0 Å². The van der Waals surface area contributed by atoms with E-state index >= 15 is 0 Å². The first kappa shape index (κ1) is 24.8. The minimum Gasteiger partial charge on any atom is -0.393 e. The molecule has 3 saturated carbocycles. The fraction of sp³-hybridized carbons (Fsp3) is 0.935. The van der Waals surface area contributed by atoms with Crippen molar-refractivity contribution < 1.29 is 5.11 Å². The molecule has 0 unspecified atom stereocenters. The molecule has 0 radical (unpaired) electrons. The average molecular weight is 443 g/mol. The number of allylic oxidation sites excluding steroid dienone is 1. The normalized spacial score (nSPS) is 42.8. The van der Waals surface area contributed by atoms with Gasteiger partial charge in [0.2, 0.25) is 0 Å². The first-order chi connectivity index (χ1) is 15.1. The van der Waals surface area contributed by atoms with Crippen molar-refractivity contribution in [3.8, 4) is 0 Å². The van der Waals surface area contributed by atoms with Gasteiger partial charge in [0.25, 0.3) is 0 Å². The van der Waals surface area contributed by atoms with Crippen LogP contribution in [-0.2, 0) is 0 Å². The molecule has 184 valence electrons. The maximum atomic E-state index is 10.3. The number of aliphatic hydroxyl groups is 1. The number of rotatable bonds is 7. The highest BCUT2D eigenvalue weighted by Crippen LogP contribution is 2.67. The van der Waals surface area contributed by atoms with Crippen molar-refractivity contribution >= 4 is 0 Å². The standard InChI is InChI=1S/C31H54O/c1-8-31(9-2,21(3)4)19-14-22(5)26-12-13-27-25-11-10-23-20-24(32)15-17-29(23,6)28(25)16-18-30(26,27)7/h10,21-22,24-28,32H,8-9,11-20H2,1-7H3/t22-,24+,25+,26-,27+,28+,29+,30-/m1/s1. The zero-order valence-electron chi connectivity index (χ0n) is 22.6. The molecule has 0 bridgehead atoms. The summed E-state index contributed by atoms with van der Waals surface area (Å²) in [6.07, 6.45) is 18.4.